The first-order valence-corrected chi connectivity index (χ1v) is 7.87. The maximum Gasteiger partial charge on any atom is 0.321 e. The molecule has 2 aliphatic heterocycles. The van der Waals surface area contributed by atoms with Crippen LogP contribution in [0.1, 0.15) is 12.8 Å². The van der Waals surface area contributed by atoms with Gasteiger partial charge in [-0.25, -0.2) is 4.79 Å². The zero-order valence-electron chi connectivity index (χ0n) is 11.1. The normalized spacial score (nSPS) is 21.9. The number of rotatable bonds is 3. The molecule has 2 N–H and O–H groups in total. The lowest BCUT2D eigenvalue weighted by molar-refractivity contribution is -0.115. The van der Waals surface area contributed by atoms with E-state index in [1.54, 1.807) is 16.7 Å². The highest BCUT2D eigenvalue weighted by molar-refractivity contribution is 8.00. The van der Waals surface area contributed by atoms with Crippen LogP contribution in [0.3, 0.4) is 0 Å². The quantitative estimate of drug-likeness (QED) is 0.896. The second-order valence-corrected chi connectivity index (χ2v) is 6.23. The number of thioether (sulfide) groups is 1. The maximum absolute atomic E-state index is 12.0. The molecule has 0 aliphatic carbocycles. The molecule has 0 saturated carbocycles. The molecule has 6 heteroatoms. The summed E-state index contributed by atoms with van der Waals surface area (Å²) in [7, 11) is 0. The van der Waals surface area contributed by atoms with Crippen molar-refractivity contribution in [3.8, 4) is 0 Å². The molecule has 5 nitrogen and oxygen atoms in total. The van der Waals surface area contributed by atoms with Gasteiger partial charge in [-0.15, -0.1) is 11.8 Å². The van der Waals surface area contributed by atoms with Gasteiger partial charge < -0.3 is 10.6 Å². The Morgan fingerprint density at radius 1 is 1.35 bits per heavy atom. The predicted molar refractivity (Wildman–Crippen MR) is 81.3 cm³/mol. The fourth-order valence-corrected chi connectivity index (χ4v) is 3.61. The van der Waals surface area contributed by atoms with Gasteiger partial charge in [-0.2, -0.15) is 0 Å². The van der Waals surface area contributed by atoms with Gasteiger partial charge in [-0.1, -0.05) is 0 Å². The van der Waals surface area contributed by atoms with Crippen LogP contribution in [0, 0.1) is 0 Å². The predicted octanol–water partition coefficient (Wildman–Crippen LogP) is 2.05. The van der Waals surface area contributed by atoms with Crippen LogP contribution in [0.25, 0.3) is 0 Å². The third-order valence-electron chi connectivity index (χ3n) is 3.53. The van der Waals surface area contributed by atoms with E-state index in [0.29, 0.717) is 13.1 Å². The Balaban J connectivity index is 1.63. The van der Waals surface area contributed by atoms with Gasteiger partial charge in [0.15, 0.2) is 0 Å². The summed E-state index contributed by atoms with van der Waals surface area (Å²) in [6, 6.07) is 7.35. The fourth-order valence-electron chi connectivity index (χ4n) is 2.45. The highest BCUT2D eigenvalue weighted by atomic mass is 32.2. The lowest BCUT2D eigenvalue weighted by atomic mass is 10.2. The Morgan fingerprint density at radius 3 is 2.75 bits per heavy atom. The molecule has 106 valence electrons. The number of nitrogens with zero attached hydrogens (tertiary/aromatic N) is 1. The van der Waals surface area contributed by atoms with Crippen LogP contribution < -0.4 is 15.5 Å². The third kappa shape index (κ3) is 2.75. The molecule has 2 fully saturated rings. The van der Waals surface area contributed by atoms with E-state index in [4.69, 9.17) is 0 Å². The van der Waals surface area contributed by atoms with Crippen molar-refractivity contribution in [3.63, 3.8) is 0 Å². The maximum atomic E-state index is 12.0. The van der Waals surface area contributed by atoms with E-state index in [0.717, 1.165) is 30.0 Å². The molecular formula is C14H17N3O2S. The molecule has 0 bridgehead atoms. The minimum Gasteiger partial charge on any atom is -0.336 e. The first-order chi connectivity index (χ1) is 9.74. The van der Waals surface area contributed by atoms with Gasteiger partial charge in [0, 0.05) is 24.5 Å². The molecule has 20 heavy (non-hydrogen) atoms. The number of benzene rings is 1. The van der Waals surface area contributed by atoms with Crippen LogP contribution in [0.15, 0.2) is 24.3 Å². The van der Waals surface area contributed by atoms with Gasteiger partial charge in [0.05, 0.1) is 5.25 Å². The zero-order valence-corrected chi connectivity index (χ0v) is 11.9. The summed E-state index contributed by atoms with van der Waals surface area (Å²) in [4.78, 5) is 25.2. The molecule has 3 amide bonds. The van der Waals surface area contributed by atoms with Crippen LogP contribution in [0.4, 0.5) is 16.2 Å². The number of urea groups is 1. The van der Waals surface area contributed by atoms with E-state index in [1.165, 1.54) is 0 Å². The zero-order chi connectivity index (χ0) is 13.9. The van der Waals surface area contributed by atoms with Gasteiger partial charge in [0.2, 0.25) is 5.91 Å². The Kier molecular flexibility index (Phi) is 3.82. The monoisotopic (exact) mass is 291 g/mol. The standard InChI is InChI=1S/C14H17N3O2S/c18-13(12-2-1-9-20-12)16-10-3-5-11(6-4-10)17-8-7-15-14(17)19/h3-6,12H,1-2,7-9H2,(H,15,19)(H,16,18). The third-order valence-corrected chi connectivity index (χ3v) is 4.90. The average Bonchev–Trinajstić information content (AvgIpc) is 3.11. The van der Waals surface area contributed by atoms with Crippen LogP contribution in [-0.2, 0) is 4.79 Å². The van der Waals surface area contributed by atoms with Crippen molar-refractivity contribution < 1.29 is 9.59 Å². The van der Waals surface area contributed by atoms with E-state index in [1.807, 2.05) is 24.3 Å². The van der Waals surface area contributed by atoms with Gasteiger partial charge in [-0.3, -0.25) is 9.69 Å². The van der Waals surface area contributed by atoms with E-state index in [2.05, 4.69) is 10.6 Å². The number of hydrogen-bond acceptors (Lipinski definition) is 3. The minimum absolute atomic E-state index is 0.0656. The van der Waals surface area contributed by atoms with Gasteiger partial charge in [0.1, 0.15) is 0 Å². The minimum atomic E-state index is -0.0656. The van der Waals surface area contributed by atoms with E-state index < -0.39 is 0 Å². The summed E-state index contributed by atoms with van der Waals surface area (Å²) in [6.07, 6.45) is 2.08. The first kappa shape index (κ1) is 13.3. The summed E-state index contributed by atoms with van der Waals surface area (Å²) in [5, 5.41) is 5.78. The van der Waals surface area contributed by atoms with E-state index in [-0.39, 0.29) is 17.2 Å². The summed E-state index contributed by atoms with van der Waals surface area (Å²) in [5.41, 5.74) is 1.64. The largest absolute Gasteiger partial charge is 0.336 e. The molecule has 1 atom stereocenters. The highest BCUT2D eigenvalue weighted by Gasteiger charge is 2.24. The van der Waals surface area contributed by atoms with Crippen LogP contribution >= 0.6 is 11.8 Å². The fraction of sp³-hybridized carbons (Fsp3) is 0.429. The van der Waals surface area contributed by atoms with Crippen molar-refractivity contribution >= 4 is 35.1 Å². The topological polar surface area (TPSA) is 61.4 Å². The Bertz CT molecular complexity index is 512. The molecule has 1 unspecified atom stereocenters. The average molecular weight is 291 g/mol. The summed E-state index contributed by atoms with van der Waals surface area (Å²) in [6.45, 7) is 1.36. The summed E-state index contributed by atoms with van der Waals surface area (Å²) in [5.74, 6) is 1.15. The molecule has 3 rings (SSSR count). The number of amides is 3. The van der Waals surface area contributed by atoms with Crippen molar-refractivity contribution in [1.82, 2.24) is 5.32 Å². The molecule has 0 spiro atoms. The van der Waals surface area contributed by atoms with Gasteiger partial charge >= 0.3 is 6.03 Å². The van der Waals surface area contributed by atoms with Gasteiger partial charge in [0.25, 0.3) is 0 Å². The van der Waals surface area contributed by atoms with Crippen LogP contribution in [0.5, 0.6) is 0 Å². The Hall–Kier alpha value is -1.69. The molecular weight excluding hydrogens is 274 g/mol. The number of carbonyl (C=O) groups is 2. The van der Waals surface area contributed by atoms with E-state index >= 15 is 0 Å². The second-order valence-electron chi connectivity index (χ2n) is 4.92. The van der Waals surface area contributed by atoms with Crippen LogP contribution in [-0.4, -0.2) is 36.0 Å². The van der Waals surface area contributed by atoms with E-state index in [9.17, 15) is 9.59 Å². The molecule has 0 aromatic heterocycles. The highest BCUT2D eigenvalue weighted by Crippen LogP contribution is 2.27. The summed E-state index contributed by atoms with van der Waals surface area (Å²) < 4.78 is 0. The Labute approximate surface area is 122 Å². The Morgan fingerprint density at radius 2 is 2.15 bits per heavy atom. The molecule has 0 radical (unpaired) electrons. The van der Waals surface area contributed by atoms with Crippen molar-refractivity contribution in [3.05, 3.63) is 24.3 Å². The van der Waals surface area contributed by atoms with Gasteiger partial charge in [-0.05, 0) is 42.9 Å². The first-order valence-electron chi connectivity index (χ1n) is 6.82. The number of nitrogens with one attached hydrogen (secondary N) is 2. The summed E-state index contributed by atoms with van der Waals surface area (Å²) >= 11 is 1.72. The van der Waals surface area contributed by atoms with Crippen molar-refractivity contribution in [2.75, 3.05) is 29.1 Å². The SMILES string of the molecule is O=C(Nc1ccc(N2CCNC2=O)cc1)C1CCCS1. The molecule has 2 aliphatic rings. The molecule has 2 heterocycles. The number of hydrogen-bond donors (Lipinski definition) is 2. The number of anilines is 2. The molecule has 1 aromatic carbocycles. The smallest absolute Gasteiger partial charge is 0.321 e. The molecule has 1 aromatic rings. The lowest BCUT2D eigenvalue weighted by Crippen LogP contribution is -2.27. The van der Waals surface area contributed by atoms with Crippen LogP contribution in [0.2, 0.25) is 0 Å². The number of carbonyl (C=O) groups excluding carboxylic acids is 2. The van der Waals surface area contributed by atoms with Crippen molar-refractivity contribution in [2.45, 2.75) is 18.1 Å². The second kappa shape index (κ2) is 5.75. The van der Waals surface area contributed by atoms with Crippen molar-refractivity contribution in [2.24, 2.45) is 0 Å². The van der Waals surface area contributed by atoms with Crippen molar-refractivity contribution in [1.29, 1.82) is 0 Å². The molecule has 2 saturated heterocycles. The lowest BCUT2D eigenvalue weighted by Gasteiger charge is -2.15.